The van der Waals surface area contributed by atoms with Crippen molar-refractivity contribution < 1.29 is 23.5 Å². The van der Waals surface area contributed by atoms with Gasteiger partial charge in [0.05, 0.1) is 37.0 Å². The van der Waals surface area contributed by atoms with E-state index >= 15 is 0 Å². The van der Waals surface area contributed by atoms with E-state index in [1.165, 1.54) is 17.0 Å². The molecule has 5 aliphatic rings. The molecule has 2 N–H and O–H groups in total. The lowest BCUT2D eigenvalue weighted by atomic mass is 9.71. The molecule has 0 radical (unpaired) electrons. The van der Waals surface area contributed by atoms with Crippen molar-refractivity contribution >= 4 is 17.5 Å². The summed E-state index contributed by atoms with van der Waals surface area (Å²) in [7, 11) is 3.80. The predicted molar refractivity (Wildman–Crippen MR) is 157 cm³/mol. The average Bonchev–Trinajstić information content (AvgIpc) is 3.43. The van der Waals surface area contributed by atoms with Crippen LogP contribution in [-0.4, -0.2) is 110 Å². The Balaban J connectivity index is 1.25. The first-order chi connectivity index (χ1) is 20.7. The second-order valence-electron chi connectivity index (χ2n) is 12.6. The third-order valence-corrected chi connectivity index (χ3v) is 10.2. The van der Waals surface area contributed by atoms with Gasteiger partial charge < -0.3 is 24.2 Å². The first-order valence-corrected chi connectivity index (χ1v) is 15.4. The fourth-order valence-electron chi connectivity index (χ4n) is 7.78. The van der Waals surface area contributed by atoms with E-state index in [2.05, 4.69) is 40.1 Å². The van der Waals surface area contributed by atoms with Gasteiger partial charge >= 0.3 is 0 Å². The molecule has 4 fully saturated rings. The summed E-state index contributed by atoms with van der Waals surface area (Å²) in [6, 6.07) is 6.82. The van der Waals surface area contributed by atoms with Crippen molar-refractivity contribution in [3.05, 3.63) is 36.7 Å². The summed E-state index contributed by atoms with van der Waals surface area (Å²) in [4.78, 5) is 34.2. The lowest BCUT2D eigenvalue weighted by molar-refractivity contribution is -0.151. The highest BCUT2D eigenvalue weighted by atomic mass is 19.1. The van der Waals surface area contributed by atoms with Crippen molar-refractivity contribution in [2.45, 2.75) is 74.8 Å². The summed E-state index contributed by atoms with van der Waals surface area (Å²) in [5, 5.41) is 16.8. The van der Waals surface area contributed by atoms with Crippen LogP contribution in [0.3, 0.4) is 0 Å². The SMILES string of the molecule is C=CC(=O)N1CCN(C2NC(OC[C@@H]3CCCN3C)NC3C[C@]4(CCC32)Oc2c(F)cccc2N(C)C4=O)C[C@H]1CC#N. The largest absolute Gasteiger partial charge is 0.472 e. The number of piperazine rings is 1. The van der Waals surface area contributed by atoms with Crippen LogP contribution in [0.4, 0.5) is 10.1 Å². The van der Waals surface area contributed by atoms with Crippen molar-refractivity contribution in [1.29, 1.82) is 5.26 Å². The molecule has 1 spiro atoms. The summed E-state index contributed by atoms with van der Waals surface area (Å²) in [5.41, 5.74) is -0.750. The van der Waals surface area contributed by atoms with Crippen LogP contribution >= 0.6 is 0 Å². The van der Waals surface area contributed by atoms with Gasteiger partial charge in [0.15, 0.2) is 23.5 Å². The first kappa shape index (κ1) is 30.0. The van der Waals surface area contributed by atoms with Crippen LogP contribution in [0.15, 0.2) is 30.9 Å². The van der Waals surface area contributed by atoms with Crippen LogP contribution < -0.4 is 20.3 Å². The Kier molecular flexibility index (Phi) is 8.45. The number of benzene rings is 1. The minimum absolute atomic E-state index is 0.0905. The molecule has 7 atom stereocenters. The summed E-state index contributed by atoms with van der Waals surface area (Å²) >= 11 is 0. The number of nitrogens with one attached hydrogen (secondary N) is 2. The Morgan fingerprint density at radius 2 is 2.09 bits per heavy atom. The van der Waals surface area contributed by atoms with Gasteiger partial charge in [-0.2, -0.15) is 5.26 Å². The highest BCUT2D eigenvalue weighted by Gasteiger charge is 2.56. The molecule has 1 saturated carbocycles. The molecule has 11 nitrogen and oxygen atoms in total. The van der Waals surface area contributed by atoms with E-state index in [0.717, 1.165) is 19.4 Å². The van der Waals surface area contributed by atoms with E-state index in [1.54, 1.807) is 24.1 Å². The molecular formula is C31H42FN7O4. The maximum absolute atomic E-state index is 14.9. The van der Waals surface area contributed by atoms with Gasteiger partial charge in [-0.25, -0.2) is 4.39 Å². The number of halogens is 1. The van der Waals surface area contributed by atoms with Gasteiger partial charge in [-0.1, -0.05) is 12.6 Å². The summed E-state index contributed by atoms with van der Waals surface area (Å²) in [5.74, 6) is -0.605. The number of likely N-dealkylation sites (tertiary alicyclic amines) is 1. The Labute approximate surface area is 252 Å². The third kappa shape index (κ3) is 5.53. The first-order valence-electron chi connectivity index (χ1n) is 15.4. The molecule has 1 aliphatic carbocycles. The summed E-state index contributed by atoms with van der Waals surface area (Å²) in [6.45, 7) is 6.90. The number of fused-ring (bicyclic) bond motifs is 2. The fraction of sp³-hybridized carbons (Fsp3) is 0.645. The Morgan fingerprint density at radius 3 is 2.84 bits per heavy atom. The monoisotopic (exact) mass is 595 g/mol. The number of carbonyl (C=O) groups is 2. The van der Waals surface area contributed by atoms with E-state index in [9.17, 15) is 19.2 Å². The number of anilines is 1. The number of hydrogen-bond acceptors (Lipinski definition) is 9. The van der Waals surface area contributed by atoms with Gasteiger partial charge in [0.25, 0.3) is 5.91 Å². The van der Waals surface area contributed by atoms with Gasteiger partial charge in [0, 0.05) is 51.1 Å². The molecule has 232 valence electrons. The molecule has 2 amide bonds. The Hall–Kier alpha value is -3.08. The third-order valence-electron chi connectivity index (χ3n) is 10.2. The number of ether oxygens (including phenoxy) is 2. The maximum Gasteiger partial charge on any atom is 0.271 e. The normalized spacial score (nSPS) is 34.8. The number of amides is 2. The zero-order valence-corrected chi connectivity index (χ0v) is 25.0. The number of hydrogen-bond donors (Lipinski definition) is 2. The summed E-state index contributed by atoms with van der Waals surface area (Å²) in [6.07, 6.45) is 4.64. The van der Waals surface area contributed by atoms with Crippen LogP contribution in [0.5, 0.6) is 5.75 Å². The van der Waals surface area contributed by atoms with E-state index in [1.807, 2.05) is 0 Å². The van der Waals surface area contributed by atoms with Crippen molar-refractivity contribution in [2.24, 2.45) is 5.92 Å². The van der Waals surface area contributed by atoms with Gasteiger partial charge in [-0.3, -0.25) is 25.1 Å². The fourth-order valence-corrected chi connectivity index (χ4v) is 7.78. The van der Waals surface area contributed by atoms with Crippen LogP contribution in [0, 0.1) is 23.1 Å². The molecule has 0 aromatic heterocycles. The smallest absolute Gasteiger partial charge is 0.271 e. The zero-order chi connectivity index (χ0) is 30.3. The second-order valence-corrected chi connectivity index (χ2v) is 12.6. The molecule has 4 aliphatic heterocycles. The quantitative estimate of drug-likeness (QED) is 0.474. The summed E-state index contributed by atoms with van der Waals surface area (Å²) < 4.78 is 27.7. The standard InChI is InChI=1S/C31H42FN7O4/c1-4-26(40)39-16-15-38(18-20(39)11-13-33)28-22-10-12-31(29(41)37(3)25-9-5-8-23(32)27(25)43-31)17-24(22)34-30(35-28)42-19-21-7-6-14-36(21)2/h4-5,8-9,20-22,24,28,30,34-35H,1,6-7,10-12,14-19H2,2-3H3/t20-,21+,22?,24?,28?,30?,31+/m1/s1. The molecule has 6 rings (SSSR count). The number of rotatable bonds is 6. The van der Waals surface area contributed by atoms with E-state index < -0.39 is 17.8 Å². The van der Waals surface area contributed by atoms with E-state index in [4.69, 9.17) is 9.47 Å². The van der Waals surface area contributed by atoms with Crippen molar-refractivity contribution in [2.75, 3.05) is 51.8 Å². The highest BCUT2D eigenvalue weighted by molar-refractivity contribution is 6.02. The molecule has 3 saturated heterocycles. The molecule has 1 aromatic carbocycles. The van der Waals surface area contributed by atoms with Gasteiger partial charge in [0.1, 0.15) is 0 Å². The molecular weight excluding hydrogens is 553 g/mol. The number of nitriles is 1. The highest BCUT2D eigenvalue weighted by Crippen LogP contribution is 2.47. The average molecular weight is 596 g/mol. The van der Waals surface area contributed by atoms with Crippen LogP contribution in [0.25, 0.3) is 0 Å². The van der Waals surface area contributed by atoms with Gasteiger partial charge in [-0.05, 0) is 57.5 Å². The van der Waals surface area contributed by atoms with Gasteiger partial charge in [0.2, 0.25) is 5.91 Å². The minimum Gasteiger partial charge on any atom is -0.472 e. The van der Waals surface area contributed by atoms with Crippen LogP contribution in [-0.2, 0) is 14.3 Å². The van der Waals surface area contributed by atoms with Crippen molar-refractivity contribution in [3.8, 4) is 11.8 Å². The predicted octanol–water partition coefficient (Wildman–Crippen LogP) is 1.61. The number of likely N-dealkylation sites (N-methyl/N-ethyl adjacent to an activating group) is 2. The molecule has 4 heterocycles. The molecule has 4 unspecified atom stereocenters. The molecule has 12 heteroatoms. The van der Waals surface area contributed by atoms with Crippen LogP contribution in [0.2, 0.25) is 0 Å². The molecule has 1 aromatic rings. The van der Waals surface area contributed by atoms with E-state index in [0.29, 0.717) is 57.2 Å². The maximum atomic E-state index is 14.9. The van der Waals surface area contributed by atoms with Crippen LogP contribution in [0.1, 0.15) is 38.5 Å². The number of nitrogens with zero attached hydrogens (tertiary/aromatic N) is 5. The molecule has 43 heavy (non-hydrogen) atoms. The Morgan fingerprint density at radius 1 is 1.26 bits per heavy atom. The topological polar surface area (TPSA) is 113 Å². The minimum atomic E-state index is -1.19. The lowest BCUT2D eigenvalue weighted by Crippen LogP contribution is -2.74. The van der Waals surface area contributed by atoms with Crippen molar-refractivity contribution in [1.82, 2.24) is 25.3 Å². The number of para-hydroxylation sites is 1. The Bertz CT molecular complexity index is 1290. The lowest BCUT2D eigenvalue weighted by Gasteiger charge is -2.55. The molecule has 0 bridgehead atoms. The van der Waals surface area contributed by atoms with Crippen molar-refractivity contribution in [3.63, 3.8) is 0 Å². The van der Waals surface area contributed by atoms with E-state index in [-0.39, 0.29) is 48.2 Å². The zero-order valence-electron chi connectivity index (χ0n) is 25.0. The second kappa shape index (κ2) is 12.1. The van der Waals surface area contributed by atoms with Gasteiger partial charge in [-0.15, -0.1) is 0 Å². The number of carbonyl (C=O) groups excluding carboxylic acids is 2.